The van der Waals surface area contributed by atoms with E-state index in [0.29, 0.717) is 11.6 Å². The van der Waals surface area contributed by atoms with E-state index in [-0.39, 0.29) is 17.8 Å². The number of aryl methyl sites for hydroxylation is 1. The highest BCUT2D eigenvalue weighted by Gasteiger charge is 2.20. The molecule has 4 heteroatoms. The van der Waals surface area contributed by atoms with Crippen LogP contribution in [0.1, 0.15) is 35.7 Å². The zero-order chi connectivity index (χ0) is 13.1. The number of benzene rings is 1. The molecule has 2 unspecified atom stereocenters. The molecule has 0 saturated carbocycles. The SMILES string of the molecule is Cc1cc(F)cc(C(=O)NC2CCNC(C)C2)c1. The number of halogens is 1. The Labute approximate surface area is 107 Å². The fourth-order valence-electron chi connectivity index (χ4n) is 2.40. The van der Waals surface area contributed by atoms with Crippen LogP contribution >= 0.6 is 0 Å². The van der Waals surface area contributed by atoms with Gasteiger partial charge in [-0.3, -0.25) is 4.79 Å². The summed E-state index contributed by atoms with van der Waals surface area (Å²) in [5.41, 5.74) is 1.16. The number of rotatable bonds is 2. The number of carbonyl (C=O) groups excluding carboxylic acids is 1. The van der Waals surface area contributed by atoms with Crippen LogP contribution in [0.2, 0.25) is 0 Å². The van der Waals surface area contributed by atoms with Crippen molar-refractivity contribution in [1.82, 2.24) is 10.6 Å². The Morgan fingerprint density at radius 2 is 2.22 bits per heavy atom. The van der Waals surface area contributed by atoms with E-state index in [1.54, 1.807) is 13.0 Å². The first-order chi connectivity index (χ1) is 8.54. The van der Waals surface area contributed by atoms with Crippen molar-refractivity contribution in [2.24, 2.45) is 0 Å². The predicted octanol–water partition coefficient (Wildman–Crippen LogP) is 2.00. The van der Waals surface area contributed by atoms with E-state index in [0.717, 1.165) is 24.9 Å². The second-order valence-electron chi connectivity index (χ2n) is 5.07. The van der Waals surface area contributed by atoms with E-state index in [1.807, 2.05) is 0 Å². The lowest BCUT2D eigenvalue weighted by molar-refractivity contribution is 0.0925. The van der Waals surface area contributed by atoms with Gasteiger partial charge in [0.05, 0.1) is 0 Å². The molecule has 98 valence electrons. The van der Waals surface area contributed by atoms with E-state index >= 15 is 0 Å². The Bertz CT molecular complexity index is 427. The van der Waals surface area contributed by atoms with Crippen molar-refractivity contribution in [1.29, 1.82) is 0 Å². The van der Waals surface area contributed by atoms with Gasteiger partial charge < -0.3 is 10.6 Å². The van der Waals surface area contributed by atoms with Crippen LogP contribution in [0.15, 0.2) is 18.2 Å². The van der Waals surface area contributed by atoms with E-state index in [4.69, 9.17) is 0 Å². The lowest BCUT2D eigenvalue weighted by Crippen LogP contribution is -2.46. The van der Waals surface area contributed by atoms with Gasteiger partial charge >= 0.3 is 0 Å². The Hall–Kier alpha value is -1.42. The normalized spacial score (nSPS) is 23.7. The highest BCUT2D eigenvalue weighted by atomic mass is 19.1. The maximum Gasteiger partial charge on any atom is 0.251 e. The van der Waals surface area contributed by atoms with Gasteiger partial charge in [0.1, 0.15) is 5.82 Å². The molecule has 2 atom stereocenters. The molecule has 18 heavy (non-hydrogen) atoms. The first kappa shape index (κ1) is 13.0. The van der Waals surface area contributed by atoms with Gasteiger partial charge in [0.2, 0.25) is 0 Å². The third-order valence-electron chi connectivity index (χ3n) is 3.26. The largest absolute Gasteiger partial charge is 0.349 e. The van der Waals surface area contributed by atoms with Crippen molar-refractivity contribution < 1.29 is 9.18 Å². The van der Waals surface area contributed by atoms with Crippen molar-refractivity contribution in [2.75, 3.05) is 6.54 Å². The van der Waals surface area contributed by atoms with Crippen molar-refractivity contribution in [3.63, 3.8) is 0 Å². The summed E-state index contributed by atoms with van der Waals surface area (Å²) in [5, 5.41) is 6.31. The Kier molecular flexibility index (Phi) is 3.97. The zero-order valence-corrected chi connectivity index (χ0v) is 10.8. The topological polar surface area (TPSA) is 41.1 Å². The van der Waals surface area contributed by atoms with Gasteiger partial charge in [-0.1, -0.05) is 0 Å². The maximum atomic E-state index is 13.2. The molecule has 1 aliphatic rings. The molecule has 0 radical (unpaired) electrons. The van der Waals surface area contributed by atoms with Crippen LogP contribution in [0, 0.1) is 12.7 Å². The quantitative estimate of drug-likeness (QED) is 0.843. The summed E-state index contributed by atoms with van der Waals surface area (Å²) in [4.78, 5) is 12.0. The molecule has 0 bridgehead atoms. The zero-order valence-electron chi connectivity index (χ0n) is 10.8. The molecule has 1 aromatic carbocycles. The first-order valence-electron chi connectivity index (χ1n) is 6.36. The molecule has 0 aromatic heterocycles. The monoisotopic (exact) mass is 250 g/mol. The highest BCUT2D eigenvalue weighted by Crippen LogP contribution is 2.12. The fourth-order valence-corrected chi connectivity index (χ4v) is 2.40. The number of carbonyl (C=O) groups is 1. The molecule has 0 aliphatic carbocycles. The highest BCUT2D eigenvalue weighted by molar-refractivity contribution is 5.94. The molecule has 2 N–H and O–H groups in total. The van der Waals surface area contributed by atoms with Crippen LogP contribution in [-0.2, 0) is 0 Å². The molecule has 3 nitrogen and oxygen atoms in total. The van der Waals surface area contributed by atoms with Gasteiger partial charge in [-0.2, -0.15) is 0 Å². The number of hydrogen-bond acceptors (Lipinski definition) is 2. The minimum Gasteiger partial charge on any atom is -0.349 e. The molecule has 1 amide bonds. The maximum absolute atomic E-state index is 13.2. The fraction of sp³-hybridized carbons (Fsp3) is 0.500. The van der Waals surface area contributed by atoms with Gasteiger partial charge in [-0.15, -0.1) is 0 Å². The average molecular weight is 250 g/mol. The third-order valence-corrected chi connectivity index (χ3v) is 3.26. The first-order valence-corrected chi connectivity index (χ1v) is 6.36. The lowest BCUT2D eigenvalue weighted by Gasteiger charge is -2.28. The minimum atomic E-state index is -0.362. The second-order valence-corrected chi connectivity index (χ2v) is 5.07. The van der Waals surface area contributed by atoms with Crippen LogP contribution in [0.4, 0.5) is 4.39 Å². The molecular weight excluding hydrogens is 231 g/mol. The van der Waals surface area contributed by atoms with Crippen LogP contribution in [0.25, 0.3) is 0 Å². The Balaban J connectivity index is 2.02. The molecule has 0 spiro atoms. The molecule has 2 rings (SSSR count). The van der Waals surface area contributed by atoms with Gasteiger partial charge in [0.15, 0.2) is 0 Å². The number of amides is 1. The van der Waals surface area contributed by atoms with Crippen molar-refractivity contribution >= 4 is 5.91 Å². The summed E-state index contributed by atoms with van der Waals surface area (Å²) in [5.74, 6) is -0.546. The summed E-state index contributed by atoms with van der Waals surface area (Å²) in [6, 6.07) is 5.01. The third kappa shape index (κ3) is 3.29. The summed E-state index contributed by atoms with van der Waals surface area (Å²) in [6.07, 6.45) is 1.84. The molecule has 1 aromatic rings. The number of nitrogens with one attached hydrogen (secondary N) is 2. The number of hydrogen-bond donors (Lipinski definition) is 2. The van der Waals surface area contributed by atoms with Crippen LogP contribution in [0.5, 0.6) is 0 Å². The van der Waals surface area contributed by atoms with Gasteiger partial charge in [-0.05, 0) is 57.0 Å². The van der Waals surface area contributed by atoms with Gasteiger partial charge in [0.25, 0.3) is 5.91 Å². The number of piperidine rings is 1. The molecule has 1 aliphatic heterocycles. The molecule has 1 heterocycles. The van der Waals surface area contributed by atoms with Crippen molar-refractivity contribution in [3.8, 4) is 0 Å². The van der Waals surface area contributed by atoms with E-state index in [2.05, 4.69) is 17.6 Å². The molecule has 1 fully saturated rings. The summed E-state index contributed by atoms with van der Waals surface area (Å²) >= 11 is 0. The summed E-state index contributed by atoms with van der Waals surface area (Å²) in [7, 11) is 0. The van der Waals surface area contributed by atoms with Gasteiger partial charge in [0, 0.05) is 17.6 Å². The van der Waals surface area contributed by atoms with Crippen LogP contribution in [0.3, 0.4) is 0 Å². The van der Waals surface area contributed by atoms with Crippen LogP contribution in [-0.4, -0.2) is 24.5 Å². The summed E-state index contributed by atoms with van der Waals surface area (Å²) in [6.45, 7) is 4.80. The second kappa shape index (κ2) is 5.48. The summed E-state index contributed by atoms with van der Waals surface area (Å²) < 4.78 is 13.2. The van der Waals surface area contributed by atoms with Crippen molar-refractivity contribution in [2.45, 2.75) is 38.8 Å². The van der Waals surface area contributed by atoms with Crippen LogP contribution < -0.4 is 10.6 Å². The average Bonchev–Trinajstić information content (AvgIpc) is 2.27. The lowest BCUT2D eigenvalue weighted by atomic mass is 10.00. The molecular formula is C14H19FN2O. The Morgan fingerprint density at radius 3 is 2.89 bits per heavy atom. The Morgan fingerprint density at radius 1 is 1.44 bits per heavy atom. The molecule has 1 saturated heterocycles. The van der Waals surface area contributed by atoms with Crippen molar-refractivity contribution in [3.05, 3.63) is 35.1 Å². The minimum absolute atomic E-state index is 0.178. The van der Waals surface area contributed by atoms with Gasteiger partial charge in [-0.25, -0.2) is 4.39 Å². The smallest absolute Gasteiger partial charge is 0.251 e. The van der Waals surface area contributed by atoms with E-state index < -0.39 is 0 Å². The standard InChI is InChI=1S/C14H19FN2O/c1-9-5-11(8-12(15)6-9)14(18)17-13-3-4-16-10(2)7-13/h5-6,8,10,13,16H,3-4,7H2,1-2H3,(H,17,18). The predicted molar refractivity (Wildman–Crippen MR) is 69.1 cm³/mol. The van der Waals surface area contributed by atoms with E-state index in [1.165, 1.54) is 12.1 Å². The van der Waals surface area contributed by atoms with E-state index in [9.17, 15) is 9.18 Å².